The number of nitrogens with one attached hydrogen (secondary N) is 1. The maximum atomic E-state index is 12.6. The summed E-state index contributed by atoms with van der Waals surface area (Å²) in [7, 11) is 0. The van der Waals surface area contributed by atoms with Crippen LogP contribution in [-0.4, -0.2) is 30.1 Å². The number of thioether (sulfide) groups is 1. The standard InChI is InChI=1S/C16H24N2O2S/c1-3-20-13-9-6-7-11(17)15(13)16(19)18-12-8-4-5-10-14(12)21-2/h6-7,9,12,14H,3-5,8,10,17H2,1-2H3,(H,18,19). The summed E-state index contributed by atoms with van der Waals surface area (Å²) in [5, 5.41) is 3.65. The zero-order chi connectivity index (χ0) is 15.2. The highest BCUT2D eigenvalue weighted by Crippen LogP contribution is 2.29. The number of rotatable bonds is 5. The summed E-state index contributed by atoms with van der Waals surface area (Å²) in [5.41, 5.74) is 6.91. The summed E-state index contributed by atoms with van der Waals surface area (Å²) in [4.78, 5) is 12.6. The molecule has 5 heteroatoms. The summed E-state index contributed by atoms with van der Waals surface area (Å²) >= 11 is 1.83. The molecule has 21 heavy (non-hydrogen) atoms. The van der Waals surface area contributed by atoms with Crippen LogP contribution in [0.15, 0.2) is 18.2 Å². The molecule has 116 valence electrons. The van der Waals surface area contributed by atoms with E-state index in [1.165, 1.54) is 12.8 Å². The molecule has 1 aromatic carbocycles. The van der Waals surface area contributed by atoms with Gasteiger partial charge in [0, 0.05) is 17.0 Å². The molecule has 1 fully saturated rings. The SMILES string of the molecule is CCOc1cccc(N)c1C(=O)NC1CCCCC1SC. The third-order valence-electron chi connectivity index (χ3n) is 3.91. The number of hydrogen-bond donors (Lipinski definition) is 2. The molecule has 0 heterocycles. The predicted molar refractivity (Wildman–Crippen MR) is 89.0 cm³/mol. The van der Waals surface area contributed by atoms with Crippen LogP contribution in [0.25, 0.3) is 0 Å². The molecular formula is C16H24N2O2S. The Labute approximate surface area is 130 Å². The van der Waals surface area contributed by atoms with Gasteiger partial charge in [-0.05, 0) is 38.2 Å². The van der Waals surface area contributed by atoms with Crippen molar-refractivity contribution in [2.75, 3.05) is 18.6 Å². The fourth-order valence-corrected chi connectivity index (χ4v) is 3.79. The number of carbonyl (C=O) groups excluding carboxylic acids is 1. The quantitative estimate of drug-likeness (QED) is 0.821. The van der Waals surface area contributed by atoms with Gasteiger partial charge >= 0.3 is 0 Å². The van der Waals surface area contributed by atoms with Crippen molar-refractivity contribution in [3.63, 3.8) is 0 Å². The first-order valence-electron chi connectivity index (χ1n) is 7.52. The Kier molecular flexibility index (Phi) is 5.79. The summed E-state index contributed by atoms with van der Waals surface area (Å²) in [5.74, 6) is 0.439. The summed E-state index contributed by atoms with van der Waals surface area (Å²) in [6, 6.07) is 5.56. The molecule has 1 aliphatic carbocycles. The molecule has 2 unspecified atom stereocenters. The van der Waals surface area contributed by atoms with Crippen LogP contribution in [0.5, 0.6) is 5.75 Å². The van der Waals surface area contributed by atoms with E-state index in [2.05, 4.69) is 11.6 Å². The molecule has 0 spiro atoms. The van der Waals surface area contributed by atoms with Gasteiger partial charge in [-0.15, -0.1) is 0 Å². The van der Waals surface area contributed by atoms with Crippen molar-refractivity contribution in [3.8, 4) is 5.75 Å². The highest BCUT2D eigenvalue weighted by atomic mass is 32.2. The maximum absolute atomic E-state index is 12.6. The van der Waals surface area contributed by atoms with E-state index in [0.717, 1.165) is 12.8 Å². The molecule has 2 rings (SSSR count). The Bertz CT molecular complexity index is 493. The average Bonchev–Trinajstić information content (AvgIpc) is 2.48. The lowest BCUT2D eigenvalue weighted by Gasteiger charge is -2.31. The topological polar surface area (TPSA) is 64.3 Å². The lowest BCUT2D eigenvalue weighted by Crippen LogP contribution is -2.44. The maximum Gasteiger partial charge on any atom is 0.257 e. The van der Waals surface area contributed by atoms with Gasteiger partial charge in [-0.1, -0.05) is 18.9 Å². The number of anilines is 1. The monoisotopic (exact) mass is 308 g/mol. The van der Waals surface area contributed by atoms with Gasteiger partial charge < -0.3 is 15.8 Å². The van der Waals surface area contributed by atoms with Gasteiger partial charge in [-0.25, -0.2) is 0 Å². The zero-order valence-corrected chi connectivity index (χ0v) is 13.5. The van der Waals surface area contributed by atoms with Gasteiger partial charge in [0.05, 0.1) is 6.61 Å². The number of carbonyl (C=O) groups is 1. The predicted octanol–water partition coefficient (Wildman–Crippen LogP) is 3.07. The Morgan fingerprint density at radius 2 is 2.19 bits per heavy atom. The third kappa shape index (κ3) is 3.84. The lowest BCUT2D eigenvalue weighted by atomic mass is 9.94. The molecular weight excluding hydrogens is 284 g/mol. The van der Waals surface area contributed by atoms with E-state index in [4.69, 9.17) is 10.5 Å². The normalized spacial score (nSPS) is 21.8. The molecule has 0 aromatic heterocycles. The van der Waals surface area contributed by atoms with Crippen LogP contribution in [0.3, 0.4) is 0 Å². The van der Waals surface area contributed by atoms with Crippen LogP contribution >= 0.6 is 11.8 Å². The second-order valence-electron chi connectivity index (χ2n) is 5.29. The smallest absolute Gasteiger partial charge is 0.257 e. The Morgan fingerprint density at radius 1 is 1.43 bits per heavy atom. The largest absolute Gasteiger partial charge is 0.493 e. The molecule has 1 aromatic rings. The Balaban J connectivity index is 2.16. The van der Waals surface area contributed by atoms with Gasteiger partial charge in [0.2, 0.25) is 0 Å². The number of hydrogen-bond acceptors (Lipinski definition) is 4. The lowest BCUT2D eigenvalue weighted by molar-refractivity contribution is 0.0926. The molecule has 0 bridgehead atoms. The number of amides is 1. The van der Waals surface area contributed by atoms with E-state index in [1.807, 2.05) is 24.8 Å². The van der Waals surface area contributed by atoms with Crippen molar-refractivity contribution in [1.82, 2.24) is 5.32 Å². The number of nitrogens with two attached hydrogens (primary N) is 1. The highest BCUT2D eigenvalue weighted by Gasteiger charge is 2.27. The number of benzene rings is 1. The van der Waals surface area contributed by atoms with E-state index in [9.17, 15) is 4.79 Å². The molecule has 0 aliphatic heterocycles. The summed E-state index contributed by atoms with van der Waals surface area (Å²) in [6.07, 6.45) is 6.72. The van der Waals surface area contributed by atoms with Crippen LogP contribution in [0.4, 0.5) is 5.69 Å². The van der Waals surface area contributed by atoms with Gasteiger partial charge in [0.1, 0.15) is 11.3 Å². The summed E-state index contributed by atoms with van der Waals surface area (Å²) < 4.78 is 5.54. The number of nitrogen functional groups attached to an aromatic ring is 1. The van der Waals surface area contributed by atoms with Crippen LogP contribution in [0.1, 0.15) is 43.0 Å². The van der Waals surface area contributed by atoms with Crippen molar-refractivity contribution in [2.45, 2.75) is 43.9 Å². The van der Waals surface area contributed by atoms with Crippen molar-refractivity contribution in [3.05, 3.63) is 23.8 Å². The van der Waals surface area contributed by atoms with Crippen molar-refractivity contribution >= 4 is 23.4 Å². The van der Waals surface area contributed by atoms with E-state index < -0.39 is 0 Å². The second-order valence-corrected chi connectivity index (χ2v) is 6.37. The van der Waals surface area contributed by atoms with Gasteiger partial charge in [-0.2, -0.15) is 11.8 Å². The molecule has 0 saturated heterocycles. The van der Waals surface area contributed by atoms with Crippen molar-refractivity contribution in [1.29, 1.82) is 0 Å². The second kappa shape index (κ2) is 7.59. The average molecular weight is 308 g/mol. The molecule has 1 amide bonds. The van der Waals surface area contributed by atoms with Gasteiger partial charge in [0.15, 0.2) is 0 Å². The minimum Gasteiger partial charge on any atom is -0.493 e. The van der Waals surface area contributed by atoms with E-state index in [-0.39, 0.29) is 11.9 Å². The van der Waals surface area contributed by atoms with Gasteiger partial charge in [-0.3, -0.25) is 4.79 Å². The zero-order valence-electron chi connectivity index (χ0n) is 12.7. The molecule has 0 radical (unpaired) electrons. The highest BCUT2D eigenvalue weighted by molar-refractivity contribution is 7.99. The van der Waals surface area contributed by atoms with Gasteiger partial charge in [0.25, 0.3) is 5.91 Å². The van der Waals surface area contributed by atoms with Crippen molar-refractivity contribution < 1.29 is 9.53 Å². The first-order valence-corrected chi connectivity index (χ1v) is 8.81. The molecule has 1 saturated carbocycles. The van der Waals surface area contributed by atoms with E-state index in [0.29, 0.717) is 28.9 Å². The molecule has 1 aliphatic rings. The minimum atomic E-state index is -0.123. The van der Waals surface area contributed by atoms with Crippen LogP contribution in [0, 0.1) is 0 Å². The fraction of sp³-hybridized carbons (Fsp3) is 0.562. The van der Waals surface area contributed by atoms with Crippen LogP contribution in [0.2, 0.25) is 0 Å². The van der Waals surface area contributed by atoms with E-state index >= 15 is 0 Å². The minimum absolute atomic E-state index is 0.123. The third-order valence-corrected chi connectivity index (χ3v) is 5.08. The molecule has 2 atom stereocenters. The fourth-order valence-electron chi connectivity index (χ4n) is 2.85. The Morgan fingerprint density at radius 3 is 2.90 bits per heavy atom. The van der Waals surface area contributed by atoms with E-state index in [1.54, 1.807) is 12.1 Å². The first-order chi connectivity index (χ1) is 10.2. The number of ether oxygens (including phenoxy) is 1. The van der Waals surface area contributed by atoms with Crippen LogP contribution in [-0.2, 0) is 0 Å². The first kappa shape index (κ1) is 16.0. The Hall–Kier alpha value is -1.36. The summed E-state index contributed by atoms with van der Waals surface area (Å²) in [6.45, 7) is 2.41. The molecule has 3 N–H and O–H groups in total. The van der Waals surface area contributed by atoms with Crippen LogP contribution < -0.4 is 15.8 Å². The molecule has 4 nitrogen and oxygen atoms in total. The van der Waals surface area contributed by atoms with Crippen molar-refractivity contribution in [2.24, 2.45) is 0 Å².